The second kappa shape index (κ2) is 5.37. The molecular formula is C15H30. The first-order chi connectivity index (χ1) is 6.96. The highest BCUT2D eigenvalue weighted by molar-refractivity contribution is 4.82. The van der Waals surface area contributed by atoms with Crippen LogP contribution >= 0.6 is 0 Å². The summed E-state index contributed by atoms with van der Waals surface area (Å²) in [5, 5.41) is 0. The van der Waals surface area contributed by atoms with Gasteiger partial charge in [0.05, 0.1) is 0 Å². The minimum absolute atomic E-state index is 0.519. The lowest BCUT2D eigenvalue weighted by Crippen LogP contribution is -2.19. The summed E-state index contributed by atoms with van der Waals surface area (Å²) in [5.41, 5.74) is 0.519. The van der Waals surface area contributed by atoms with E-state index in [-0.39, 0.29) is 0 Å². The Hall–Kier alpha value is 0. The van der Waals surface area contributed by atoms with Crippen molar-refractivity contribution in [3.05, 3.63) is 0 Å². The molecule has 90 valence electrons. The fraction of sp³-hybridized carbons (Fsp3) is 1.00. The van der Waals surface area contributed by atoms with Crippen LogP contribution in [0.25, 0.3) is 0 Å². The van der Waals surface area contributed by atoms with E-state index >= 15 is 0 Å². The van der Waals surface area contributed by atoms with E-state index in [1.54, 1.807) is 0 Å². The van der Waals surface area contributed by atoms with Crippen molar-refractivity contribution in [2.24, 2.45) is 23.2 Å². The Morgan fingerprint density at radius 1 is 1.13 bits per heavy atom. The lowest BCUT2D eigenvalue weighted by atomic mass is 9.76. The quantitative estimate of drug-likeness (QED) is 0.592. The normalized spacial score (nSPS) is 29.4. The molecule has 0 radical (unpaired) electrons. The third kappa shape index (κ3) is 4.17. The first kappa shape index (κ1) is 13.1. The lowest BCUT2D eigenvalue weighted by Gasteiger charge is -2.29. The predicted octanol–water partition coefficient (Wildman–Crippen LogP) is 5.28. The topological polar surface area (TPSA) is 0 Å². The molecule has 1 saturated carbocycles. The van der Waals surface area contributed by atoms with E-state index in [9.17, 15) is 0 Å². The molecular weight excluding hydrogens is 180 g/mol. The molecule has 3 atom stereocenters. The standard InChI is InChI=1S/C15H30/c1-6-12-8-9-14(10-12)13(7-2)11-15(3,4)5/h12-14H,6-11H2,1-5H3. The van der Waals surface area contributed by atoms with Gasteiger partial charge in [-0.1, -0.05) is 53.9 Å². The molecule has 0 bridgehead atoms. The second-order valence-corrected chi connectivity index (χ2v) is 6.78. The zero-order chi connectivity index (χ0) is 11.5. The average molecular weight is 210 g/mol. The molecule has 0 aliphatic heterocycles. The molecule has 0 aromatic rings. The van der Waals surface area contributed by atoms with E-state index in [1.165, 1.54) is 38.5 Å². The first-order valence-corrected chi connectivity index (χ1v) is 6.96. The predicted molar refractivity (Wildman–Crippen MR) is 69.0 cm³/mol. The summed E-state index contributed by atoms with van der Waals surface area (Å²) in [7, 11) is 0. The Balaban J connectivity index is 2.46. The Labute approximate surface area is 96.8 Å². The molecule has 1 aliphatic carbocycles. The van der Waals surface area contributed by atoms with Crippen LogP contribution in [-0.2, 0) is 0 Å². The van der Waals surface area contributed by atoms with E-state index in [4.69, 9.17) is 0 Å². The Morgan fingerprint density at radius 2 is 1.80 bits per heavy atom. The summed E-state index contributed by atoms with van der Waals surface area (Å²) in [4.78, 5) is 0. The van der Waals surface area contributed by atoms with E-state index in [2.05, 4.69) is 34.6 Å². The van der Waals surface area contributed by atoms with Crippen LogP contribution in [0, 0.1) is 23.2 Å². The third-order valence-corrected chi connectivity index (χ3v) is 4.22. The van der Waals surface area contributed by atoms with Crippen LogP contribution in [0.2, 0.25) is 0 Å². The maximum atomic E-state index is 2.39. The monoisotopic (exact) mass is 210 g/mol. The van der Waals surface area contributed by atoms with Crippen LogP contribution in [-0.4, -0.2) is 0 Å². The molecule has 0 spiro atoms. The van der Waals surface area contributed by atoms with Gasteiger partial charge in [-0.15, -0.1) is 0 Å². The van der Waals surface area contributed by atoms with Crippen molar-refractivity contribution in [1.82, 2.24) is 0 Å². The van der Waals surface area contributed by atoms with Crippen LogP contribution in [0.4, 0.5) is 0 Å². The number of hydrogen-bond acceptors (Lipinski definition) is 0. The van der Waals surface area contributed by atoms with Gasteiger partial charge in [-0.2, -0.15) is 0 Å². The minimum atomic E-state index is 0.519. The van der Waals surface area contributed by atoms with Gasteiger partial charge in [-0.25, -0.2) is 0 Å². The highest BCUT2D eigenvalue weighted by Crippen LogP contribution is 2.42. The molecule has 3 unspecified atom stereocenters. The molecule has 0 heterocycles. The molecule has 0 aromatic heterocycles. The fourth-order valence-corrected chi connectivity index (χ4v) is 3.34. The van der Waals surface area contributed by atoms with Gasteiger partial charge >= 0.3 is 0 Å². The summed E-state index contributed by atoms with van der Waals surface area (Å²) in [6.45, 7) is 11.9. The zero-order valence-electron chi connectivity index (χ0n) is 11.5. The van der Waals surface area contributed by atoms with Crippen LogP contribution in [0.5, 0.6) is 0 Å². The van der Waals surface area contributed by atoms with E-state index < -0.39 is 0 Å². The highest BCUT2D eigenvalue weighted by Gasteiger charge is 2.31. The van der Waals surface area contributed by atoms with Gasteiger partial charge in [-0.05, 0) is 42.4 Å². The van der Waals surface area contributed by atoms with Gasteiger partial charge < -0.3 is 0 Å². The largest absolute Gasteiger partial charge is 0.0651 e. The minimum Gasteiger partial charge on any atom is -0.0651 e. The van der Waals surface area contributed by atoms with Crippen molar-refractivity contribution in [2.45, 2.75) is 73.1 Å². The molecule has 15 heavy (non-hydrogen) atoms. The van der Waals surface area contributed by atoms with Crippen molar-refractivity contribution >= 4 is 0 Å². The van der Waals surface area contributed by atoms with Gasteiger partial charge in [-0.3, -0.25) is 0 Å². The van der Waals surface area contributed by atoms with Gasteiger partial charge in [0.15, 0.2) is 0 Å². The van der Waals surface area contributed by atoms with Crippen LogP contribution in [0.3, 0.4) is 0 Å². The van der Waals surface area contributed by atoms with Gasteiger partial charge in [0, 0.05) is 0 Å². The van der Waals surface area contributed by atoms with Crippen LogP contribution in [0.1, 0.15) is 73.1 Å². The van der Waals surface area contributed by atoms with Crippen LogP contribution in [0.15, 0.2) is 0 Å². The highest BCUT2D eigenvalue weighted by atomic mass is 14.4. The summed E-state index contributed by atoms with van der Waals surface area (Å²) in [6.07, 6.45) is 8.74. The molecule has 0 heteroatoms. The Kier molecular flexibility index (Phi) is 4.67. The second-order valence-electron chi connectivity index (χ2n) is 6.78. The number of rotatable bonds is 4. The van der Waals surface area contributed by atoms with E-state index in [0.29, 0.717) is 5.41 Å². The molecule has 0 aromatic carbocycles. The zero-order valence-corrected chi connectivity index (χ0v) is 11.5. The van der Waals surface area contributed by atoms with Crippen molar-refractivity contribution in [1.29, 1.82) is 0 Å². The molecule has 0 amide bonds. The maximum Gasteiger partial charge on any atom is -0.0380 e. The smallest absolute Gasteiger partial charge is 0.0380 e. The summed E-state index contributed by atoms with van der Waals surface area (Å²) >= 11 is 0. The first-order valence-electron chi connectivity index (χ1n) is 6.96. The number of hydrogen-bond donors (Lipinski definition) is 0. The molecule has 0 nitrogen and oxygen atoms in total. The van der Waals surface area contributed by atoms with E-state index in [0.717, 1.165) is 17.8 Å². The average Bonchev–Trinajstić information content (AvgIpc) is 2.60. The molecule has 1 aliphatic rings. The van der Waals surface area contributed by atoms with E-state index in [1.807, 2.05) is 0 Å². The molecule has 0 saturated heterocycles. The third-order valence-electron chi connectivity index (χ3n) is 4.22. The lowest BCUT2D eigenvalue weighted by molar-refractivity contribution is 0.214. The molecule has 0 N–H and O–H groups in total. The van der Waals surface area contributed by atoms with Crippen LogP contribution < -0.4 is 0 Å². The Bertz CT molecular complexity index is 175. The van der Waals surface area contributed by atoms with Crippen molar-refractivity contribution < 1.29 is 0 Å². The van der Waals surface area contributed by atoms with Gasteiger partial charge in [0.2, 0.25) is 0 Å². The summed E-state index contributed by atoms with van der Waals surface area (Å²) in [5.74, 6) is 3.07. The van der Waals surface area contributed by atoms with Gasteiger partial charge in [0.25, 0.3) is 0 Å². The van der Waals surface area contributed by atoms with Crippen molar-refractivity contribution in [2.75, 3.05) is 0 Å². The molecule has 1 fully saturated rings. The summed E-state index contributed by atoms with van der Waals surface area (Å²) in [6, 6.07) is 0. The Morgan fingerprint density at radius 3 is 2.20 bits per heavy atom. The van der Waals surface area contributed by atoms with Crippen molar-refractivity contribution in [3.8, 4) is 0 Å². The van der Waals surface area contributed by atoms with Crippen molar-refractivity contribution in [3.63, 3.8) is 0 Å². The van der Waals surface area contributed by atoms with Gasteiger partial charge in [0.1, 0.15) is 0 Å². The summed E-state index contributed by atoms with van der Waals surface area (Å²) < 4.78 is 0. The SMILES string of the molecule is CCC1CCC(C(CC)CC(C)(C)C)C1. The molecule has 1 rings (SSSR count). The maximum absolute atomic E-state index is 2.39. The fourth-order valence-electron chi connectivity index (χ4n) is 3.34.